The molecule has 358 valence electrons. The van der Waals surface area contributed by atoms with Crippen LogP contribution >= 0.6 is 7.26 Å². The van der Waals surface area contributed by atoms with Crippen LogP contribution in [-0.4, -0.2) is 35.4 Å². The zero-order valence-electron chi connectivity index (χ0n) is 38.8. The summed E-state index contributed by atoms with van der Waals surface area (Å²) in [5, 5.41) is 4.76. The predicted octanol–water partition coefficient (Wildman–Crippen LogP) is 11.2. The largest absolute Gasteiger partial charge is 0.457 e. The minimum Gasteiger partial charge on any atom is -0.457 e. The summed E-state index contributed by atoms with van der Waals surface area (Å²) in [6, 6.07) is 66.6. The molecular formula is C62H43N3O8P+. The van der Waals surface area contributed by atoms with Gasteiger partial charge in [0.1, 0.15) is 51.5 Å². The first kappa shape index (κ1) is 46.8. The number of fused-ring (bicyclic) bond motifs is 3. The standard InChI is InChI=1S/C61H39N3O8P.CH4/c1-38-13-11-14-39(33-38)62-56(65)50-31-26-44(36-54(50)59(62)68)72-45-27-32-52-55(37-45)61(70)64(58(52)67)41-16-12-15-40(34-41)63-57(66)51-30-25-43(35-53(51)60(63)69)71-42-23-28-49(29-24-42)73(46-17-5-2-6-18-46,47-19-7-3-8-20-47)48-21-9-4-10-22-48;/h2-37H,1H3;1H4/q+1;. The summed E-state index contributed by atoms with van der Waals surface area (Å²) in [4.78, 5) is 85.8. The minimum absolute atomic E-state index is 0. The van der Waals surface area contributed by atoms with Crippen LogP contribution in [0.5, 0.6) is 23.0 Å². The molecule has 3 aliphatic heterocycles. The van der Waals surface area contributed by atoms with Crippen molar-refractivity contribution in [2.45, 2.75) is 14.4 Å². The number of anilines is 3. The highest BCUT2D eigenvalue weighted by Gasteiger charge is 2.48. The van der Waals surface area contributed by atoms with E-state index >= 15 is 0 Å². The Morgan fingerprint density at radius 2 is 0.608 bits per heavy atom. The van der Waals surface area contributed by atoms with Crippen LogP contribution < -0.4 is 45.4 Å². The molecule has 3 aliphatic rings. The van der Waals surface area contributed by atoms with Gasteiger partial charge in [0.05, 0.1) is 50.4 Å². The molecule has 11 nitrogen and oxygen atoms in total. The molecule has 0 bridgehead atoms. The predicted molar refractivity (Wildman–Crippen MR) is 288 cm³/mol. The Morgan fingerprint density at radius 1 is 0.297 bits per heavy atom. The molecule has 12 heteroatoms. The zero-order chi connectivity index (χ0) is 50.0. The van der Waals surface area contributed by atoms with Gasteiger partial charge in [0, 0.05) is 0 Å². The molecule has 0 aromatic heterocycles. The van der Waals surface area contributed by atoms with Crippen LogP contribution in [0, 0.1) is 6.92 Å². The van der Waals surface area contributed by atoms with Crippen molar-refractivity contribution in [1.29, 1.82) is 0 Å². The van der Waals surface area contributed by atoms with E-state index in [0.29, 0.717) is 17.2 Å². The smallest absolute Gasteiger partial charge is 0.266 e. The summed E-state index contributed by atoms with van der Waals surface area (Å²) in [6.07, 6.45) is 0. The monoisotopic (exact) mass is 988 g/mol. The number of nitrogens with zero attached hydrogens (tertiary/aromatic N) is 3. The molecule has 0 radical (unpaired) electrons. The maximum Gasteiger partial charge on any atom is 0.266 e. The molecule has 9 aromatic rings. The molecule has 0 aliphatic carbocycles. The van der Waals surface area contributed by atoms with E-state index in [1.807, 2.05) is 43.3 Å². The molecule has 0 fully saturated rings. The van der Waals surface area contributed by atoms with Crippen molar-refractivity contribution < 1.29 is 38.2 Å². The lowest BCUT2D eigenvalue weighted by Gasteiger charge is -2.27. The lowest BCUT2D eigenvalue weighted by Crippen LogP contribution is -2.38. The van der Waals surface area contributed by atoms with Crippen molar-refractivity contribution >= 4 is 81.0 Å². The lowest BCUT2D eigenvalue weighted by atomic mass is 10.1. The van der Waals surface area contributed by atoms with E-state index < -0.39 is 42.7 Å². The molecule has 0 unspecified atom stereocenters. The molecule has 0 saturated carbocycles. The Labute approximate surface area is 426 Å². The van der Waals surface area contributed by atoms with Crippen molar-refractivity contribution in [3.8, 4) is 23.0 Å². The highest BCUT2D eigenvalue weighted by Crippen LogP contribution is 2.54. The second-order valence-electron chi connectivity index (χ2n) is 17.7. The minimum atomic E-state index is -2.34. The van der Waals surface area contributed by atoms with E-state index in [-0.39, 0.29) is 63.7 Å². The second-order valence-corrected chi connectivity index (χ2v) is 21.1. The number of aryl methyl sites for hydroxylation is 1. The molecule has 0 atom stereocenters. The molecule has 9 aromatic carbocycles. The Bertz CT molecular complexity index is 3690. The van der Waals surface area contributed by atoms with Gasteiger partial charge in [-0.3, -0.25) is 28.8 Å². The van der Waals surface area contributed by atoms with Gasteiger partial charge in [-0.2, -0.15) is 0 Å². The van der Waals surface area contributed by atoms with E-state index in [0.717, 1.165) is 25.6 Å². The molecular weight excluding hydrogens is 946 g/mol. The van der Waals surface area contributed by atoms with Gasteiger partial charge in [-0.05, 0) is 158 Å². The molecule has 74 heavy (non-hydrogen) atoms. The van der Waals surface area contributed by atoms with Crippen molar-refractivity contribution in [3.05, 3.63) is 257 Å². The van der Waals surface area contributed by atoms with Crippen molar-refractivity contribution in [1.82, 2.24) is 0 Å². The Morgan fingerprint density at radius 3 is 0.986 bits per heavy atom. The lowest BCUT2D eigenvalue weighted by molar-refractivity contribution is 0.0909. The fraction of sp³-hybridized carbons (Fsp3) is 0.0323. The summed E-state index contributed by atoms with van der Waals surface area (Å²) in [7, 11) is -2.34. The van der Waals surface area contributed by atoms with Crippen molar-refractivity contribution in [2.75, 3.05) is 14.7 Å². The number of benzene rings is 9. The van der Waals surface area contributed by atoms with Gasteiger partial charge < -0.3 is 9.47 Å². The van der Waals surface area contributed by atoms with Crippen LogP contribution in [0.1, 0.15) is 75.1 Å². The van der Waals surface area contributed by atoms with Gasteiger partial charge in [0.25, 0.3) is 35.4 Å². The molecule has 3 heterocycles. The van der Waals surface area contributed by atoms with Crippen LogP contribution in [0.25, 0.3) is 0 Å². The fourth-order valence-corrected chi connectivity index (χ4v) is 14.2. The maximum atomic E-state index is 14.1. The zero-order valence-corrected chi connectivity index (χ0v) is 39.7. The highest BCUT2D eigenvalue weighted by molar-refractivity contribution is 8.01. The Balaban J connectivity index is 0.00000588. The topological polar surface area (TPSA) is 131 Å². The second kappa shape index (κ2) is 18.6. The molecule has 0 spiro atoms. The number of imide groups is 3. The summed E-state index contributed by atoms with van der Waals surface area (Å²) < 4.78 is 12.4. The maximum absolute atomic E-state index is 14.1. The van der Waals surface area contributed by atoms with Crippen LogP contribution in [0.2, 0.25) is 0 Å². The third-order valence-electron chi connectivity index (χ3n) is 13.3. The first-order valence-electron chi connectivity index (χ1n) is 23.4. The number of carbonyl (C=O) groups excluding carboxylic acids is 6. The van der Waals surface area contributed by atoms with Gasteiger partial charge in [0.2, 0.25) is 0 Å². The SMILES string of the molecule is C.Cc1cccc(N2C(=O)c3ccc(Oc4ccc5c(c4)C(=O)N(c4cccc(N6C(=O)c7ccc(Oc8ccc([P+](c9ccccc9)(c9ccccc9)c9ccccc9)cc8)cc7C6=O)c4)C5=O)cc3C2=O)c1. The third-order valence-corrected chi connectivity index (χ3v) is 17.6. The molecule has 12 rings (SSSR count). The van der Waals surface area contributed by atoms with E-state index in [4.69, 9.17) is 9.47 Å². The average Bonchev–Trinajstić information content (AvgIpc) is 3.94. The molecule has 0 saturated heterocycles. The summed E-state index contributed by atoms with van der Waals surface area (Å²) >= 11 is 0. The van der Waals surface area contributed by atoms with E-state index in [1.165, 1.54) is 52.3 Å². The van der Waals surface area contributed by atoms with Crippen LogP contribution in [0.4, 0.5) is 17.1 Å². The van der Waals surface area contributed by atoms with Gasteiger partial charge in [-0.15, -0.1) is 0 Å². The Kier molecular flexibility index (Phi) is 11.7. The summed E-state index contributed by atoms with van der Waals surface area (Å²) in [5.41, 5.74) is 2.58. The first-order chi connectivity index (χ1) is 35.6. The quantitative estimate of drug-likeness (QED) is 0.0925. The molecule has 6 amide bonds. The van der Waals surface area contributed by atoms with E-state index in [9.17, 15) is 28.8 Å². The van der Waals surface area contributed by atoms with Gasteiger partial charge in [-0.25, -0.2) is 14.7 Å². The third kappa shape index (κ3) is 7.66. The molecule has 0 N–H and O–H groups in total. The average molecular weight is 989 g/mol. The van der Waals surface area contributed by atoms with Crippen LogP contribution in [0.3, 0.4) is 0 Å². The number of hydrogen-bond donors (Lipinski definition) is 0. The Hall–Kier alpha value is -9.57. The summed E-state index contributed by atoms with van der Waals surface area (Å²) in [6.45, 7) is 1.87. The summed E-state index contributed by atoms with van der Waals surface area (Å²) in [5.74, 6) is -1.98. The fourth-order valence-electron chi connectivity index (χ4n) is 9.95. The van der Waals surface area contributed by atoms with Crippen LogP contribution in [-0.2, 0) is 0 Å². The number of carbonyl (C=O) groups is 6. The van der Waals surface area contributed by atoms with Crippen molar-refractivity contribution in [2.24, 2.45) is 0 Å². The van der Waals surface area contributed by atoms with Gasteiger partial charge in [0.15, 0.2) is 0 Å². The van der Waals surface area contributed by atoms with Gasteiger partial charge in [-0.1, -0.05) is 80.2 Å². The normalized spacial score (nSPS) is 13.7. The van der Waals surface area contributed by atoms with Gasteiger partial charge >= 0.3 is 0 Å². The van der Waals surface area contributed by atoms with E-state index in [2.05, 4.69) is 84.9 Å². The van der Waals surface area contributed by atoms with Crippen molar-refractivity contribution in [3.63, 3.8) is 0 Å². The number of rotatable bonds is 11. The number of amides is 6. The van der Waals surface area contributed by atoms with Crippen LogP contribution in [0.15, 0.2) is 218 Å². The first-order valence-corrected chi connectivity index (χ1v) is 25.1. The number of hydrogen-bond acceptors (Lipinski definition) is 8. The highest BCUT2D eigenvalue weighted by atomic mass is 31.2. The number of ether oxygens (including phenoxy) is 2. The van der Waals surface area contributed by atoms with E-state index in [1.54, 1.807) is 60.7 Å².